The van der Waals surface area contributed by atoms with Crippen molar-refractivity contribution in [2.75, 3.05) is 43.1 Å². The van der Waals surface area contributed by atoms with Gasteiger partial charge in [0.15, 0.2) is 0 Å². The Labute approximate surface area is 173 Å². The summed E-state index contributed by atoms with van der Waals surface area (Å²) >= 11 is 6.21. The summed E-state index contributed by atoms with van der Waals surface area (Å²) in [6.07, 6.45) is 0.739. The van der Waals surface area contributed by atoms with Crippen molar-refractivity contribution in [1.29, 1.82) is 0 Å². The molecule has 7 nitrogen and oxygen atoms in total. The Bertz CT molecular complexity index is 1020. The molecule has 0 aliphatic carbocycles. The molecule has 2 aromatic carbocycles. The summed E-state index contributed by atoms with van der Waals surface area (Å²) in [7, 11) is 0. The van der Waals surface area contributed by atoms with Crippen molar-refractivity contribution in [3.8, 4) is 0 Å². The van der Waals surface area contributed by atoms with Gasteiger partial charge in [0.05, 0.1) is 23.7 Å². The number of benzene rings is 2. The van der Waals surface area contributed by atoms with Gasteiger partial charge in [-0.15, -0.1) is 0 Å². The lowest BCUT2D eigenvalue weighted by molar-refractivity contribution is -0.384. The number of hydrogen-bond acceptors (Lipinski definition) is 6. The number of nitro benzene ring substituents is 1. The first kappa shape index (κ1) is 19.4. The number of aromatic nitrogens is 1. The van der Waals surface area contributed by atoms with Crippen LogP contribution in [0.1, 0.15) is 5.56 Å². The highest BCUT2D eigenvalue weighted by atomic mass is 35.5. The summed E-state index contributed by atoms with van der Waals surface area (Å²) in [5.74, 6) is 0. The summed E-state index contributed by atoms with van der Waals surface area (Å²) in [5.41, 5.74) is 4.04. The summed E-state index contributed by atoms with van der Waals surface area (Å²) in [5, 5.41) is 15.7. The Morgan fingerprint density at radius 1 is 1.14 bits per heavy atom. The third-order valence-corrected chi connectivity index (χ3v) is 5.21. The fourth-order valence-electron chi connectivity index (χ4n) is 3.47. The van der Waals surface area contributed by atoms with Gasteiger partial charge in [-0.25, -0.2) is 4.98 Å². The van der Waals surface area contributed by atoms with Gasteiger partial charge >= 0.3 is 0 Å². The number of ether oxygens (including phenoxy) is 1. The Hall–Kier alpha value is -2.90. The first-order chi connectivity index (χ1) is 14.1. The molecule has 1 aliphatic rings. The van der Waals surface area contributed by atoms with Crippen LogP contribution in [0.25, 0.3) is 10.9 Å². The number of nitrogens with one attached hydrogen (secondary N) is 1. The zero-order valence-corrected chi connectivity index (χ0v) is 16.6. The second kappa shape index (κ2) is 8.63. The second-order valence-corrected chi connectivity index (χ2v) is 7.28. The van der Waals surface area contributed by atoms with Crippen molar-refractivity contribution < 1.29 is 9.66 Å². The number of fused-ring (bicyclic) bond motifs is 1. The molecule has 0 spiro atoms. The van der Waals surface area contributed by atoms with Crippen molar-refractivity contribution in [2.45, 2.75) is 6.42 Å². The van der Waals surface area contributed by atoms with Gasteiger partial charge in [0.1, 0.15) is 5.15 Å². The van der Waals surface area contributed by atoms with E-state index in [1.807, 2.05) is 12.1 Å². The highest BCUT2D eigenvalue weighted by molar-refractivity contribution is 6.30. The van der Waals surface area contributed by atoms with E-state index >= 15 is 0 Å². The van der Waals surface area contributed by atoms with E-state index in [-0.39, 0.29) is 10.6 Å². The van der Waals surface area contributed by atoms with Crippen LogP contribution in [0.2, 0.25) is 5.15 Å². The number of nitro groups is 1. The van der Waals surface area contributed by atoms with Gasteiger partial charge in [-0.3, -0.25) is 10.1 Å². The smallest absolute Gasteiger partial charge is 0.269 e. The minimum absolute atomic E-state index is 0.101. The predicted octanol–water partition coefficient (Wildman–Crippen LogP) is 4.29. The largest absolute Gasteiger partial charge is 0.384 e. The van der Waals surface area contributed by atoms with Crippen LogP contribution in [-0.4, -0.2) is 42.8 Å². The number of nitrogens with zero attached hydrogens (tertiary/aromatic N) is 3. The minimum Gasteiger partial charge on any atom is -0.384 e. The molecule has 0 saturated carbocycles. The fraction of sp³-hybridized carbons (Fsp3) is 0.286. The maximum absolute atomic E-state index is 10.8. The van der Waals surface area contributed by atoms with E-state index in [0.717, 1.165) is 60.6 Å². The number of pyridine rings is 1. The van der Waals surface area contributed by atoms with Crippen LogP contribution in [0.3, 0.4) is 0 Å². The monoisotopic (exact) mass is 412 g/mol. The van der Waals surface area contributed by atoms with Crippen LogP contribution in [0.15, 0.2) is 48.5 Å². The standard InChI is InChI=1S/C21H21ClN4O3/c22-21-14-20(23-8-7-15-1-3-16(4-2-15)26(27)28)18-13-17(5-6-19(18)24-21)25-9-11-29-12-10-25/h1-6,13-14H,7-12H2,(H,23,24). The van der Waals surface area contributed by atoms with E-state index in [4.69, 9.17) is 16.3 Å². The molecule has 0 unspecified atom stereocenters. The lowest BCUT2D eigenvalue weighted by Crippen LogP contribution is -2.36. The molecule has 1 fully saturated rings. The molecule has 1 N–H and O–H groups in total. The Kier molecular flexibility index (Phi) is 5.78. The molecule has 2 heterocycles. The maximum atomic E-state index is 10.8. The van der Waals surface area contributed by atoms with E-state index in [0.29, 0.717) is 11.7 Å². The van der Waals surface area contributed by atoms with Crippen molar-refractivity contribution in [3.05, 3.63) is 69.4 Å². The Morgan fingerprint density at radius 3 is 2.62 bits per heavy atom. The SMILES string of the molecule is O=[N+]([O-])c1ccc(CCNc2cc(Cl)nc3ccc(N4CCOCC4)cc23)cc1. The third kappa shape index (κ3) is 4.58. The number of anilines is 2. The molecule has 1 aliphatic heterocycles. The zero-order valence-electron chi connectivity index (χ0n) is 15.8. The minimum atomic E-state index is -0.390. The Balaban J connectivity index is 1.51. The quantitative estimate of drug-likeness (QED) is 0.369. The van der Waals surface area contributed by atoms with Crippen LogP contribution >= 0.6 is 11.6 Å². The second-order valence-electron chi connectivity index (χ2n) is 6.89. The van der Waals surface area contributed by atoms with Crippen molar-refractivity contribution >= 4 is 39.6 Å². The number of halogens is 1. The van der Waals surface area contributed by atoms with E-state index < -0.39 is 0 Å². The van der Waals surface area contributed by atoms with E-state index in [9.17, 15) is 10.1 Å². The molecule has 29 heavy (non-hydrogen) atoms. The molecule has 0 bridgehead atoms. The molecule has 0 atom stereocenters. The summed E-state index contributed by atoms with van der Waals surface area (Å²) in [4.78, 5) is 17.1. The van der Waals surface area contributed by atoms with Crippen molar-refractivity contribution in [3.63, 3.8) is 0 Å². The van der Waals surface area contributed by atoms with Gasteiger partial charge in [0.25, 0.3) is 5.69 Å². The van der Waals surface area contributed by atoms with Gasteiger partial charge in [-0.05, 0) is 36.2 Å². The van der Waals surface area contributed by atoms with Gasteiger partial charge in [0, 0.05) is 48.5 Å². The normalized spacial score (nSPS) is 14.2. The number of morpholine rings is 1. The van der Waals surface area contributed by atoms with E-state index in [2.05, 4.69) is 27.3 Å². The van der Waals surface area contributed by atoms with Crippen LogP contribution in [-0.2, 0) is 11.2 Å². The average Bonchev–Trinajstić information content (AvgIpc) is 2.74. The first-order valence-corrected chi connectivity index (χ1v) is 9.88. The highest BCUT2D eigenvalue weighted by Crippen LogP contribution is 2.30. The lowest BCUT2D eigenvalue weighted by Gasteiger charge is -2.29. The topological polar surface area (TPSA) is 80.5 Å². The van der Waals surface area contributed by atoms with Gasteiger partial charge in [-0.1, -0.05) is 23.7 Å². The van der Waals surface area contributed by atoms with Gasteiger partial charge in [0.2, 0.25) is 0 Å². The number of hydrogen-bond donors (Lipinski definition) is 1. The first-order valence-electron chi connectivity index (χ1n) is 9.50. The molecule has 1 saturated heterocycles. The third-order valence-electron chi connectivity index (χ3n) is 5.01. The fourth-order valence-corrected chi connectivity index (χ4v) is 3.67. The molecular weight excluding hydrogens is 392 g/mol. The van der Waals surface area contributed by atoms with Gasteiger partial charge in [-0.2, -0.15) is 0 Å². The van der Waals surface area contributed by atoms with Crippen LogP contribution in [0.4, 0.5) is 17.1 Å². The van der Waals surface area contributed by atoms with Crippen LogP contribution in [0, 0.1) is 10.1 Å². The molecule has 0 amide bonds. The van der Waals surface area contributed by atoms with E-state index in [1.54, 1.807) is 12.1 Å². The number of rotatable bonds is 6. The van der Waals surface area contributed by atoms with Crippen LogP contribution in [0.5, 0.6) is 0 Å². The molecule has 4 rings (SSSR count). The lowest BCUT2D eigenvalue weighted by atomic mass is 10.1. The number of non-ortho nitro benzene ring substituents is 1. The summed E-state index contributed by atoms with van der Waals surface area (Å²) in [6, 6.07) is 14.7. The highest BCUT2D eigenvalue weighted by Gasteiger charge is 2.13. The van der Waals surface area contributed by atoms with Gasteiger partial charge < -0.3 is 15.0 Å². The average molecular weight is 413 g/mol. The predicted molar refractivity (Wildman–Crippen MR) is 115 cm³/mol. The summed E-state index contributed by atoms with van der Waals surface area (Å²) in [6.45, 7) is 3.88. The van der Waals surface area contributed by atoms with Crippen LogP contribution < -0.4 is 10.2 Å². The molecule has 150 valence electrons. The van der Waals surface area contributed by atoms with Crippen molar-refractivity contribution in [2.24, 2.45) is 0 Å². The molecule has 8 heteroatoms. The Morgan fingerprint density at radius 2 is 1.90 bits per heavy atom. The molecule has 1 aromatic heterocycles. The molecule has 3 aromatic rings. The summed E-state index contributed by atoms with van der Waals surface area (Å²) < 4.78 is 5.44. The van der Waals surface area contributed by atoms with Crippen molar-refractivity contribution in [1.82, 2.24) is 4.98 Å². The molecule has 0 radical (unpaired) electrons. The maximum Gasteiger partial charge on any atom is 0.269 e. The van der Waals surface area contributed by atoms with E-state index in [1.165, 1.54) is 12.1 Å². The molecular formula is C21H21ClN4O3. The zero-order chi connectivity index (χ0) is 20.2.